The van der Waals surface area contributed by atoms with Gasteiger partial charge in [-0.25, -0.2) is 4.79 Å². The minimum atomic E-state index is -0.891. The SMILES string of the molecule is CC(C)(CO)CNCc1cc(C(=O)O)cs1. The van der Waals surface area contributed by atoms with E-state index in [4.69, 9.17) is 10.2 Å². The summed E-state index contributed by atoms with van der Waals surface area (Å²) in [6, 6.07) is 1.67. The summed E-state index contributed by atoms with van der Waals surface area (Å²) in [5, 5.41) is 22.6. The molecule has 0 saturated heterocycles. The zero-order chi connectivity index (χ0) is 12.2. The van der Waals surface area contributed by atoms with E-state index in [1.807, 2.05) is 13.8 Å². The van der Waals surface area contributed by atoms with Gasteiger partial charge in [0.05, 0.1) is 5.56 Å². The summed E-state index contributed by atoms with van der Waals surface area (Å²) in [4.78, 5) is 11.6. The average Bonchev–Trinajstić information content (AvgIpc) is 2.66. The van der Waals surface area contributed by atoms with E-state index in [-0.39, 0.29) is 12.0 Å². The van der Waals surface area contributed by atoms with Crippen molar-refractivity contribution in [3.63, 3.8) is 0 Å². The standard InChI is InChI=1S/C11H17NO3S/c1-11(2,7-13)6-12-4-9-3-8(5-16-9)10(14)15/h3,5,12-13H,4,6-7H2,1-2H3,(H,14,15). The molecule has 0 aliphatic heterocycles. The summed E-state index contributed by atoms with van der Waals surface area (Å²) in [7, 11) is 0. The van der Waals surface area contributed by atoms with Crippen molar-refractivity contribution in [3.05, 3.63) is 21.9 Å². The van der Waals surface area contributed by atoms with Gasteiger partial charge in [0.1, 0.15) is 0 Å². The molecule has 0 atom stereocenters. The van der Waals surface area contributed by atoms with E-state index in [2.05, 4.69) is 5.32 Å². The van der Waals surface area contributed by atoms with Gasteiger partial charge < -0.3 is 15.5 Å². The van der Waals surface area contributed by atoms with Gasteiger partial charge in [0.25, 0.3) is 0 Å². The summed E-state index contributed by atoms with van der Waals surface area (Å²) in [5.41, 5.74) is 0.190. The van der Waals surface area contributed by atoms with Crippen molar-refractivity contribution in [1.29, 1.82) is 0 Å². The normalized spacial score (nSPS) is 11.7. The molecule has 1 aromatic rings. The second-order valence-corrected chi connectivity index (χ2v) is 5.53. The average molecular weight is 243 g/mol. The Bertz CT molecular complexity index is 360. The van der Waals surface area contributed by atoms with E-state index in [1.165, 1.54) is 11.3 Å². The maximum atomic E-state index is 10.6. The number of nitrogens with one attached hydrogen (secondary N) is 1. The van der Waals surface area contributed by atoms with Gasteiger partial charge in [-0.1, -0.05) is 13.8 Å². The Hall–Kier alpha value is -0.910. The summed E-state index contributed by atoms with van der Waals surface area (Å²) in [6.45, 7) is 5.41. The highest BCUT2D eigenvalue weighted by molar-refractivity contribution is 7.10. The molecule has 4 nitrogen and oxygen atoms in total. The number of carboxylic acids is 1. The van der Waals surface area contributed by atoms with Crippen molar-refractivity contribution in [1.82, 2.24) is 5.32 Å². The van der Waals surface area contributed by atoms with Crippen LogP contribution in [0.4, 0.5) is 0 Å². The number of hydrogen-bond acceptors (Lipinski definition) is 4. The lowest BCUT2D eigenvalue weighted by atomic mass is 9.95. The van der Waals surface area contributed by atoms with Gasteiger partial charge in [-0.2, -0.15) is 0 Å². The number of thiophene rings is 1. The monoisotopic (exact) mass is 243 g/mol. The molecular weight excluding hydrogens is 226 g/mol. The topological polar surface area (TPSA) is 69.6 Å². The fourth-order valence-electron chi connectivity index (χ4n) is 1.17. The predicted octanol–water partition coefficient (Wildman–Crippen LogP) is 1.55. The molecule has 3 N–H and O–H groups in total. The molecule has 5 heteroatoms. The molecule has 0 saturated carbocycles. The van der Waals surface area contributed by atoms with Crippen molar-refractivity contribution in [2.24, 2.45) is 5.41 Å². The number of rotatable bonds is 6. The number of aromatic carboxylic acids is 1. The van der Waals surface area contributed by atoms with E-state index in [0.717, 1.165) is 4.88 Å². The van der Waals surface area contributed by atoms with Gasteiger partial charge in [0, 0.05) is 35.4 Å². The molecule has 1 aromatic heterocycles. The summed E-state index contributed by atoms with van der Waals surface area (Å²) < 4.78 is 0. The van der Waals surface area contributed by atoms with E-state index in [0.29, 0.717) is 18.7 Å². The van der Waals surface area contributed by atoms with Crippen LogP contribution in [0.5, 0.6) is 0 Å². The van der Waals surface area contributed by atoms with Gasteiger partial charge in [0.2, 0.25) is 0 Å². The third-order valence-electron chi connectivity index (χ3n) is 2.23. The highest BCUT2D eigenvalue weighted by atomic mass is 32.1. The van der Waals surface area contributed by atoms with Crippen molar-refractivity contribution in [2.45, 2.75) is 20.4 Å². The van der Waals surface area contributed by atoms with Crippen LogP contribution in [0.15, 0.2) is 11.4 Å². The number of carbonyl (C=O) groups is 1. The summed E-state index contributed by atoms with van der Waals surface area (Å²) in [5.74, 6) is -0.891. The van der Waals surface area contributed by atoms with Gasteiger partial charge in [-0.15, -0.1) is 11.3 Å². The van der Waals surface area contributed by atoms with Crippen LogP contribution in [-0.2, 0) is 6.54 Å². The Balaban J connectivity index is 2.40. The fraction of sp³-hybridized carbons (Fsp3) is 0.545. The van der Waals surface area contributed by atoms with Crippen LogP contribution in [0, 0.1) is 5.41 Å². The molecule has 90 valence electrons. The molecule has 0 amide bonds. The number of aliphatic hydroxyl groups is 1. The molecule has 0 aromatic carbocycles. The van der Waals surface area contributed by atoms with E-state index < -0.39 is 5.97 Å². The third-order valence-corrected chi connectivity index (χ3v) is 3.17. The van der Waals surface area contributed by atoms with Crippen molar-refractivity contribution in [3.8, 4) is 0 Å². The van der Waals surface area contributed by atoms with Crippen LogP contribution in [0.3, 0.4) is 0 Å². The highest BCUT2D eigenvalue weighted by Gasteiger charge is 2.15. The van der Waals surface area contributed by atoms with Crippen molar-refractivity contribution >= 4 is 17.3 Å². The maximum Gasteiger partial charge on any atom is 0.336 e. The van der Waals surface area contributed by atoms with Crippen LogP contribution in [-0.4, -0.2) is 29.3 Å². The minimum absolute atomic E-state index is 0.130. The maximum absolute atomic E-state index is 10.6. The van der Waals surface area contributed by atoms with Crippen LogP contribution in [0.1, 0.15) is 29.1 Å². The van der Waals surface area contributed by atoms with Gasteiger partial charge in [-0.3, -0.25) is 0 Å². The predicted molar refractivity (Wildman–Crippen MR) is 63.9 cm³/mol. The van der Waals surface area contributed by atoms with Crippen LogP contribution < -0.4 is 5.32 Å². The van der Waals surface area contributed by atoms with Crippen molar-refractivity contribution < 1.29 is 15.0 Å². The highest BCUT2D eigenvalue weighted by Crippen LogP contribution is 2.16. The summed E-state index contributed by atoms with van der Waals surface area (Å²) >= 11 is 1.43. The molecule has 0 aliphatic rings. The van der Waals surface area contributed by atoms with Gasteiger partial charge in [-0.05, 0) is 6.07 Å². The zero-order valence-corrected chi connectivity index (χ0v) is 10.3. The Morgan fingerprint density at radius 3 is 2.75 bits per heavy atom. The molecule has 0 spiro atoms. The van der Waals surface area contributed by atoms with E-state index in [1.54, 1.807) is 11.4 Å². The first kappa shape index (κ1) is 13.2. The van der Waals surface area contributed by atoms with Crippen LogP contribution in [0.25, 0.3) is 0 Å². The van der Waals surface area contributed by atoms with Crippen LogP contribution in [0.2, 0.25) is 0 Å². The number of aliphatic hydroxyl groups excluding tert-OH is 1. The van der Waals surface area contributed by atoms with Crippen molar-refractivity contribution in [2.75, 3.05) is 13.2 Å². The van der Waals surface area contributed by atoms with Gasteiger partial charge >= 0.3 is 5.97 Å². The Morgan fingerprint density at radius 2 is 2.25 bits per heavy atom. The molecule has 0 radical (unpaired) electrons. The Kier molecular flexibility index (Phi) is 4.46. The second kappa shape index (κ2) is 5.43. The van der Waals surface area contributed by atoms with E-state index >= 15 is 0 Å². The largest absolute Gasteiger partial charge is 0.478 e. The molecule has 16 heavy (non-hydrogen) atoms. The first-order chi connectivity index (χ1) is 7.44. The minimum Gasteiger partial charge on any atom is -0.478 e. The van der Waals surface area contributed by atoms with Crippen LogP contribution >= 0.6 is 11.3 Å². The smallest absolute Gasteiger partial charge is 0.336 e. The Labute approximate surface area is 98.9 Å². The molecule has 1 heterocycles. The first-order valence-electron chi connectivity index (χ1n) is 5.07. The molecular formula is C11H17NO3S. The van der Waals surface area contributed by atoms with E-state index in [9.17, 15) is 4.79 Å². The number of hydrogen-bond donors (Lipinski definition) is 3. The zero-order valence-electron chi connectivity index (χ0n) is 9.49. The molecule has 0 unspecified atom stereocenters. The second-order valence-electron chi connectivity index (χ2n) is 4.53. The Morgan fingerprint density at radius 1 is 1.56 bits per heavy atom. The third kappa shape index (κ3) is 3.92. The first-order valence-corrected chi connectivity index (χ1v) is 5.95. The van der Waals surface area contributed by atoms with Gasteiger partial charge in [0.15, 0.2) is 0 Å². The quantitative estimate of drug-likeness (QED) is 0.709. The fourth-order valence-corrected chi connectivity index (χ4v) is 1.99. The lowest BCUT2D eigenvalue weighted by Crippen LogP contribution is -2.31. The molecule has 0 aliphatic carbocycles. The lowest BCUT2D eigenvalue weighted by Gasteiger charge is -2.21. The molecule has 1 rings (SSSR count). The molecule has 0 bridgehead atoms. The summed E-state index contributed by atoms with van der Waals surface area (Å²) in [6.07, 6.45) is 0. The lowest BCUT2D eigenvalue weighted by molar-refractivity contribution is 0.0697. The number of carboxylic acid groups (broad SMARTS) is 1. The molecule has 0 fully saturated rings.